The molecule has 1 N–H and O–H groups in total. The summed E-state index contributed by atoms with van der Waals surface area (Å²) >= 11 is 13.3. The number of halogens is 2. The van der Waals surface area contributed by atoms with Crippen molar-refractivity contribution in [2.24, 2.45) is 0 Å². The first-order valence-corrected chi connectivity index (χ1v) is 9.14. The monoisotopic (exact) mass is 375 g/mol. The number of benzene rings is 1. The van der Waals surface area contributed by atoms with Crippen LogP contribution < -0.4 is 5.32 Å². The number of thioether (sulfide) groups is 1. The van der Waals surface area contributed by atoms with Crippen LogP contribution in [-0.2, 0) is 0 Å². The molecule has 102 valence electrons. The zero-order valence-electron chi connectivity index (χ0n) is 10.5. The fourth-order valence-electron chi connectivity index (χ4n) is 1.78. The van der Waals surface area contributed by atoms with Gasteiger partial charge in [0.15, 0.2) is 0 Å². The Hall–Kier alpha value is -0.000000000000000111. The largest absolute Gasteiger partial charge is 0.309 e. The fourth-order valence-corrected chi connectivity index (χ4v) is 4.73. The van der Waals surface area contributed by atoms with Crippen LogP contribution in [-0.4, -0.2) is 12.3 Å². The van der Waals surface area contributed by atoms with E-state index in [9.17, 15) is 0 Å². The van der Waals surface area contributed by atoms with Crippen LogP contribution in [0.25, 0.3) is 0 Å². The summed E-state index contributed by atoms with van der Waals surface area (Å²) in [6.45, 7) is 3.09. The maximum atomic E-state index is 6.19. The molecule has 1 atom stereocenters. The predicted molar refractivity (Wildman–Crippen MR) is 90.6 cm³/mol. The minimum absolute atomic E-state index is 0.340. The molecule has 0 amide bonds. The first-order chi connectivity index (χ1) is 9.22. The van der Waals surface area contributed by atoms with E-state index in [1.807, 2.05) is 18.2 Å². The number of hydrogen-bond donors (Lipinski definition) is 1. The van der Waals surface area contributed by atoms with Crippen molar-refractivity contribution in [1.82, 2.24) is 5.32 Å². The molecule has 1 aromatic carbocycles. The van der Waals surface area contributed by atoms with Crippen molar-refractivity contribution in [2.75, 3.05) is 12.3 Å². The van der Waals surface area contributed by atoms with E-state index in [2.05, 4.69) is 45.0 Å². The van der Waals surface area contributed by atoms with E-state index in [0.717, 1.165) is 22.2 Å². The second-order valence-electron chi connectivity index (χ2n) is 4.03. The number of hydrogen-bond acceptors (Lipinski definition) is 3. The summed E-state index contributed by atoms with van der Waals surface area (Å²) in [4.78, 5) is 1.14. The third-order valence-corrected chi connectivity index (χ3v) is 6.07. The van der Waals surface area contributed by atoms with Gasteiger partial charge in [-0.1, -0.05) is 30.7 Å². The molecule has 5 heteroatoms. The molecule has 0 saturated carbocycles. The van der Waals surface area contributed by atoms with Crippen LogP contribution in [0.2, 0.25) is 5.02 Å². The van der Waals surface area contributed by atoms with Gasteiger partial charge in [0.25, 0.3) is 0 Å². The third kappa shape index (κ3) is 4.23. The van der Waals surface area contributed by atoms with Gasteiger partial charge in [0.2, 0.25) is 0 Å². The molecule has 1 aromatic heterocycles. The maximum Gasteiger partial charge on any atom is 0.0541 e. The summed E-state index contributed by atoms with van der Waals surface area (Å²) in [7, 11) is 0. The Kier molecular flexibility index (Phi) is 6.23. The molecule has 2 aromatic rings. The minimum atomic E-state index is 0.340. The molecule has 0 aliphatic heterocycles. The summed E-state index contributed by atoms with van der Waals surface area (Å²) in [5.41, 5.74) is 1.33. The molecular weight excluding hydrogens is 362 g/mol. The van der Waals surface area contributed by atoms with Crippen molar-refractivity contribution < 1.29 is 0 Å². The van der Waals surface area contributed by atoms with Gasteiger partial charge in [0.1, 0.15) is 0 Å². The van der Waals surface area contributed by atoms with Crippen molar-refractivity contribution >= 4 is 50.6 Å². The first-order valence-electron chi connectivity index (χ1n) is 6.04. The Morgan fingerprint density at radius 2 is 2.16 bits per heavy atom. The maximum absolute atomic E-state index is 6.19. The molecule has 1 unspecified atom stereocenters. The van der Waals surface area contributed by atoms with Gasteiger partial charge < -0.3 is 5.32 Å². The van der Waals surface area contributed by atoms with Gasteiger partial charge in [-0.25, -0.2) is 0 Å². The highest BCUT2D eigenvalue weighted by molar-refractivity contribution is 9.10. The Labute approximate surface area is 135 Å². The first kappa shape index (κ1) is 15.4. The summed E-state index contributed by atoms with van der Waals surface area (Å²) in [5, 5.41) is 8.68. The molecule has 0 saturated heterocycles. The Morgan fingerprint density at radius 3 is 2.79 bits per heavy atom. The number of rotatable bonds is 6. The second kappa shape index (κ2) is 7.70. The van der Waals surface area contributed by atoms with Gasteiger partial charge in [-0.3, -0.25) is 0 Å². The number of nitrogens with one attached hydrogen (secondary N) is 1. The molecule has 0 bridgehead atoms. The molecule has 0 radical (unpaired) electrons. The van der Waals surface area contributed by atoms with Gasteiger partial charge in [-0.2, -0.15) is 11.3 Å². The molecule has 1 nitrogen and oxygen atoms in total. The Balaban J connectivity index is 2.06. The second-order valence-corrected chi connectivity index (χ2v) is 7.09. The average Bonchev–Trinajstić information content (AvgIpc) is 2.82. The topological polar surface area (TPSA) is 12.0 Å². The molecular formula is C14H15BrClNS2. The fraction of sp³-hybridized carbons (Fsp3) is 0.286. The van der Waals surface area contributed by atoms with E-state index in [1.165, 1.54) is 10.0 Å². The Bertz CT molecular complexity index is 530. The van der Waals surface area contributed by atoms with E-state index in [1.54, 1.807) is 23.1 Å². The summed E-state index contributed by atoms with van der Waals surface area (Å²) in [6.07, 6.45) is 0. The average molecular weight is 377 g/mol. The van der Waals surface area contributed by atoms with Crippen LogP contribution in [0.5, 0.6) is 0 Å². The van der Waals surface area contributed by atoms with Crippen molar-refractivity contribution in [2.45, 2.75) is 17.9 Å². The lowest BCUT2D eigenvalue weighted by Crippen LogP contribution is -2.22. The van der Waals surface area contributed by atoms with E-state index in [0.29, 0.717) is 6.04 Å². The lowest BCUT2D eigenvalue weighted by molar-refractivity contribution is 0.606. The summed E-state index contributed by atoms with van der Waals surface area (Å²) in [6, 6.07) is 8.33. The molecule has 1 heterocycles. The van der Waals surface area contributed by atoms with E-state index in [4.69, 9.17) is 11.6 Å². The third-order valence-electron chi connectivity index (χ3n) is 2.71. The van der Waals surface area contributed by atoms with Crippen LogP contribution in [0.4, 0.5) is 0 Å². The van der Waals surface area contributed by atoms with Crippen LogP contribution in [0.3, 0.4) is 0 Å². The highest BCUT2D eigenvalue weighted by atomic mass is 79.9. The molecule has 0 aliphatic rings. The van der Waals surface area contributed by atoms with Crippen molar-refractivity contribution in [1.29, 1.82) is 0 Å². The van der Waals surface area contributed by atoms with Crippen molar-refractivity contribution in [3.05, 3.63) is 50.1 Å². The highest BCUT2D eigenvalue weighted by Crippen LogP contribution is 2.33. The standard InChI is InChI=1S/C14H15BrClNS2/c1-2-17-13(10-7-18-8-11(10)15)9-19-14-6-4-3-5-12(14)16/h3-8,13,17H,2,9H2,1H3. The zero-order valence-corrected chi connectivity index (χ0v) is 14.5. The van der Waals surface area contributed by atoms with Crippen LogP contribution in [0, 0.1) is 0 Å². The van der Waals surface area contributed by atoms with Crippen molar-refractivity contribution in [3.63, 3.8) is 0 Å². The van der Waals surface area contributed by atoms with E-state index >= 15 is 0 Å². The van der Waals surface area contributed by atoms with E-state index < -0.39 is 0 Å². The smallest absolute Gasteiger partial charge is 0.0541 e. The quantitative estimate of drug-likeness (QED) is 0.658. The summed E-state index contributed by atoms with van der Waals surface area (Å²) in [5.74, 6) is 0.965. The lowest BCUT2D eigenvalue weighted by Gasteiger charge is -2.17. The normalized spacial score (nSPS) is 12.6. The lowest BCUT2D eigenvalue weighted by atomic mass is 10.2. The van der Waals surface area contributed by atoms with E-state index in [-0.39, 0.29) is 0 Å². The van der Waals surface area contributed by atoms with Crippen LogP contribution in [0.1, 0.15) is 18.5 Å². The minimum Gasteiger partial charge on any atom is -0.309 e. The van der Waals surface area contributed by atoms with Gasteiger partial charge >= 0.3 is 0 Å². The van der Waals surface area contributed by atoms with Gasteiger partial charge in [-0.15, -0.1) is 11.8 Å². The molecule has 2 rings (SSSR count). The molecule has 0 fully saturated rings. The summed E-state index contributed by atoms with van der Waals surface area (Å²) < 4.78 is 1.18. The van der Waals surface area contributed by atoms with Crippen LogP contribution in [0.15, 0.2) is 44.4 Å². The van der Waals surface area contributed by atoms with Crippen molar-refractivity contribution in [3.8, 4) is 0 Å². The molecule has 0 spiro atoms. The Morgan fingerprint density at radius 1 is 1.37 bits per heavy atom. The van der Waals surface area contributed by atoms with Gasteiger partial charge in [-0.05, 0) is 45.6 Å². The highest BCUT2D eigenvalue weighted by Gasteiger charge is 2.15. The molecule has 0 aliphatic carbocycles. The number of thiophene rings is 1. The van der Waals surface area contributed by atoms with Gasteiger partial charge in [0.05, 0.1) is 5.02 Å². The van der Waals surface area contributed by atoms with Crippen LogP contribution >= 0.6 is 50.6 Å². The van der Waals surface area contributed by atoms with Gasteiger partial charge in [0, 0.05) is 26.5 Å². The zero-order chi connectivity index (χ0) is 13.7. The SMILES string of the molecule is CCNC(CSc1ccccc1Cl)c1cscc1Br. The predicted octanol–water partition coefficient (Wildman–Crippen LogP) is 5.61. The molecule has 19 heavy (non-hydrogen) atoms.